The van der Waals surface area contributed by atoms with Crippen molar-refractivity contribution in [2.75, 3.05) is 12.0 Å². The summed E-state index contributed by atoms with van der Waals surface area (Å²) in [6.07, 6.45) is 7.38. The van der Waals surface area contributed by atoms with Crippen LogP contribution in [0, 0.1) is 5.92 Å². The zero-order valence-corrected chi connectivity index (χ0v) is 21.2. The summed E-state index contributed by atoms with van der Waals surface area (Å²) in [5.41, 5.74) is 4.82. The van der Waals surface area contributed by atoms with Crippen molar-refractivity contribution in [1.29, 1.82) is 0 Å². The lowest BCUT2D eigenvalue weighted by molar-refractivity contribution is -0.122. The molecule has 8 heteroatoms. The van der Waals surface area contributed by atoms with E-state index < -0.39 is 0 Å². The number of rotatable bonds is 4. The maximum atomic E-state index is 12.6. The summed E-state index contributed by atoms with van der Waals surface area (Å²) in [7, 11) is 1.42. The van der Waals surface area contributed by atoms with Gasteiger partial charge in [-0.05, 0) is 70.2 Å². The number of nitrogens with zero attached hydrogens (tertiary/aromatic N) is 4. The Balaban J connectivity index is 1.65. The van der Waals surface area contributed by atoms with Crippen LogP contribution in [-0.4, -0.2) is 39.6 Å². The van der Waals surface area contributed by atoms with Crippen LogP contribution in [-0.2, 0) is 22.4 Å². The second-order valence-corrected chi connectivity index (χ2v) is 10.3. The molecule has 0 saturated heterocycles. The highest BCUT2D eigenvalue weighted by molar-refractivity contribution is 6.30. The van der Waals surface area contributed by atoms with Crippen molar-refractivity contribution in [2.45, 2.75) is 70.9 Å². The number of imidazole rings is 1. The van der Waals surface area contributed by atoms with Gasteiger partial charge in [-0.1, -0.05) is 18.0 Å². The van der Waals surface area contributed by atoms with E-state index in [1.54, 1.807) is 18.0 Å². The van der Waals surface area contributed by atoms with E-state index in [2.05, 4.69) is 15.6 Å². The second-order valence-electron chi connectivity index (χ2n) is 9.83. The third kappa shape index (κ3) is 4.42. The summed E-state index contributed by atoms with van der Waals surface area (Å²) >= 11 is 6.06. The molecule has 1 aliphatic heterocycles. The average molecular weight is 495 g/mol. The van der Waals surface area contributed by atoms with Crippen LogP contribution >= 0.6 is 11.6 Å². The smallest absolute Gasteiger partial charge is 0.414 e. The number of fused-ring (bicyclic) bond motifs is 3. The number of aryl methyl sites for hydroxylation is 1. The fraction of sp³-hybridized carbons (Fsp3) is 0.481. The van der Waals surface area contributed by atoms with E-state index in [4.69, 9.17) is 21.3 Å². The molecule has 7 nitrogen and oxygen atoms in total. The van der Waals surface area contributed by atoms with E-state index >= 15 is 0 Å². The van der Waals surface area contributed by atoms with Crippen LogP contribution in [0.15, 0.2) is 30.5 Å². The number of halogens is 1. The number of amides is 1. The molecule has 0 bridgehead atoms. The number of anilines is 1. The standard InChI is InChI=1S/C27H31ClN4O3/c1-16-7-10-22-23(31(16)27(34)35-3)11-12-24-26(22)30-25(14-20-9-8-19(28)15-29-20)32(24)21-6-4-5-18(13-21)17(2)33/h8-9,11-12,15-16,18,21H,4-7,10,13-14H2,1-3H3/t16-,18+,21+/m0/s1. The van der Waals surface area contributed by atoms with E-state index in [9.17, 15) is 9.59 Å². The van der Waals surface area contributed by atoms with Crippen LogP contribution in [0.2, 0.25) is 5.02 Å². The summed E-state index contributed by atoms with van der Waals surface area (Å²) in [6.45, 7) is 3.75. The first-order chi connectivity index (χ1) is 16.9. The lowest BCUT2D eigenvalue weighted by atomic mass is 9.83. The van der Waals surface area contributed by atoms with E-state index in [0.29, 0.717) is 11.4 Å². The number of methoxy groups -OCH3 is 1. The first-order valence-electron chi connectivity index (χ1n) is 12.4. The molecule has 3 atom stereocenters. The number of hydrogen-bond acceptors (Lipinski definition) is 5. The summed E-state index contributed by atoms with van der Waals surface area (Å²) in [5, 5.41) is 0.602. The van der Waals surface area contributed by atoms with Crippen LogP contribution in [0.5, 0.6) is 0 Å². The molecule has 2 aromatic heterocycles. The van der Waals surface area contributed by atoms with Crippen LogP contribution < -0.4 is 4.90 Å². The van der Waals surface area contributed by atoms with Gasteiger partial charge in [0.15, 0.2) is 0 Å². The molecule has 0 N–H and O–H groups in total. The Bertz CT molecular complexity index is 1270. The minimum absolute atomic E-state index is 0.0573. The largest absolute Gasteiger partial charge is 0.452 e. The van der Waals surface area contributed by atoms with Gasteiger partial charge in [0, 0.05) is 41.9 Å². The first-order valence-corrected chi connectivity index (χ1v) is 12.8. The highest BCUT2D eigenvalue weighted by Crippen LogP contribution is 2.41. The minimum Gasteiger partial charge on any atom is -0.452 e. The van der Waals surface area contributed by atoms with Crippen LogP contribution in [0.3, 0.4) is 0 Å². The third-order valence-corrected chi connectivity index (χ3v) is 7.84. The van der Waals surface area contributed by atoms with E-state index in [-0.39, 0.29) is 29.9 Å². The summed E-state index contributed by atoms with van der Waals surface area (Å²) in [6, 6.07) is 8.13. The number of benzene rings is 1. The van der Waals surface area contributed by atoms with Crippen LogP contribution in [0.1, 0.15) is 69.1 Å². The SMILES string of the molecule is COC(=O)N1c2ccc3c(nc(Cc4ccc(Cl)cn4)n3[C@@H]3CCC[C@@H](C(C)=O)C3)c2CC[C@@H]1C. The van der Waals surface area contributed by atoms with Gasteiger partial charge >= 0.3 is 6.09 Å². The van der Waals surface area contributed by atoms with Crippen LogP contribution in [0.25, 0.3) is 11.0 Å². The van der Waals surface area contributed by atoms with E-state index in [0.717, 1.165) is 72.3 Å². The maximum Gasteiger partial charge on any atom is 0.414 e. The Morgan fingerprint density at radius 2 is 2.00 bits per heavy atom. The summed E-state index contributed by atoms with van der Waals surface area (Å²) in [5.74, 6) is 1.28. The zero-order chi connectivity index (χ0) is 24.7. The Morgan fingerprint density at radius 1 is 1.17 bits per heavy atom. The zero-order valence-electron chi connectivity index (χ0n) is 20.5. The molecule has 35 heavy (non-hydrogen) atoms. The van der Waals surface area contributed by atoms with E-state index in [1.165, 1.54) is 7.11 Å². The van der Waals surface area contributed by atoms with Gasteiger partial charge in [-0.25, -0.2) is 9.78 Å². The monoisotopic (exact) mass is 494 g/mol. The number of pyridine rings is 1. The number of carbonyl (C=O) groups is 2. The Morgan fingerprint density at radius 3 is 2.71 bits per heavy atom. The third-order valence-electron chi connectivity index (χ3n) is 7.61. The molecule has 1 fully saturated rings. The molecular weight excluding hydrogens is 464 g/mol. The topological polar surface area (TPSA) is 77.3 Å². The van der Waals surface area contributed by atoms with Crippen LogP contribution in [0.4, 0.5) is 10.5 Å². The van der Waals surface area contributed by atoms with Crippen molar-refractivity contribution >= 4 is 40.2 Å². The highest BCUT2D eigenvalue weighted by atomic mass is 35.5. The Kier molecular flexibility index (Phi) is 6.53. The molecular formula is C27H31ClN4O3. The van der Waals surface area contributed by atoms with Crippen molar-refractivity contribution in [1.82, 2.24) is 14.5 Å². The molecule has 0 radical (unpaired) electrons. The molecule has 3 aromatic rings. The van der Waals surface area contributed by atoms with Crippen molar-refractivity contribution < 1.29 is 14.3 Å². The van der Waals surface area contributed by atoms with Crippen molar-refractivity contribution in [3.63, 3.8) is 0 Å². The number of aromatic nitrogens is 3. The number of Topliss-reactive ketones (excluding diaryl/α,β-unsaturated/α-hetero) is 1. The lowest BCUT2D eigenvalue weighted by Gasteiger charge is -2.34. The maximum absolute atomic E-state index is 12.6. The van der Waals surface area contributed by atoms with Gasteiger partial charge in [0.1, 0.15) is 11.6 Å². The summed E-state index contributed by atoms with van der Waals surface area (Å²) in [4.78, 5) is 36.2. The first kappa shape index (κ1) is 23.8. The van der Waals surface area contributed by atoms with Gasteiger partial charge in [-0.15, -0.1) is 0 Å². The van der Waals surface area contributed by atoms with Gasteiger partial charge in [0.25, 0.3) is 0 Å². The van der Waals surface area contributed by atoms with Gasteiger partial charge in [-0.2, -0.15) is 0 Å². The van der Waals surface area contributed by atoms with Gasteiger partial charge < -0.3 is 9.30 Å². The van der Waals surface area contributed by atoms with Crippen molar-refractivity contribution in [3.8, 4) is 0 Å². The highest BCUT2D eigenvalue weighted by Gasteiger charge is 2.33. The normalized spacial score (nSPS) is 22.2. The molecule has 0 spiro atoms. The molecule has 1 amide bonds. The number of ketones is 1. The number of ether oxygens (including phenoxy) is 1. The van der Waals surface area contributed by atoms with Gasteiger partial charge in [0.05, 0.1) is 28.9 Å². The summed E-state index contributed by atoms with van der Waals surface area (Å²) < 4.78 is 7.42. The quantitative estimate of drug-likeness (QED) is 0.451. The molecule has 2 aliphatic rings. The van der Waals surface area contributed by atoms with Crippen molar-refractivity contribution in [3.05, 3.63) is 52.6 Å². The molecule has 1 aromatic carbocycles. The second kappa shape index (κ2) is 9.61. The molecule has 1 aliphatic carbocycles. The molecule has 0 unspecified atom stereocenters. The van der Waals surface area contributed by atoms with Gasteiger partial charge in [0.2, 0.25) is 0 Å². The van der Waals surface area contributed by atoms with Crippen molar-refractivity contribution in [2.24, 2.45) is 5.92 Å². The molecule has 3 heterocycles. The molecule has 1 saturated carbocycles. The number of hydrogen-bond donors (Lipinski definition) is 0. The molecule has 184 valence electrons. The number of carbonyl (C=O) groups excluding carboxylic acids is 2. The fourth-order valence-corrected chi connectivity index (χ4v) is 5.91. The Labute approximate surface area is 210 Å². The lowest BCUT2D eigenvalue weighted by Crippen LogP contribution is -2.42. The average Bonchev–Trinajstić information content (AvgIpc) is 3.23. The minimum atomic E-state index is -0.348. The fourth-order valence-electron chi connectivity index (χ4n) is 5.80. The predicted octanol–water partition coefficient (Wildman–Crippen LogP) is 5.90. The van der Waals surface area contributed by atoms with E-state index in [1.807, 2.05) is 25.1 Å². The Hall–Kier alpha value is -2.93. The predicted molar refractivity (Wildman–Crippen MR) is 136 cm³/mol. The van der Waals surface area contributed by atoms with Gasteiger partial charge in [-0.3, -0.25) is 14.7 Å². The molecule has 5 rings (SSSR count).